The highest BCUT2D eigenvalue weighted by molar-refractivity contribution is 7.21. The van der Waals surface area contributed by atoms with Crippen LogP contribution in [0, 0.1) is 6.92 Å². The molecule has 3 aromatic rings. The van der Waals surface area contributed by atoms with Crippen LogP contribution in [0.15, 0.2) is 18.2 Å². The number of nitrogens with one attached hydrogen (secondary N) is 1. The van der Waals surface area contributed by atoms with Gasteiger partial charge in [0.1, 0.15) is 0 Å². The van der Waals surface area contributed by atoms with E-state index in [9.17, 15) is 0 Å². The number of benzene rings is 1. The molecule has 3 N–H and O–H groups in total. The third-order valence-electron chi connectivity index (χ3n) is 2.25. The fourth-order valence-electron chi connectivity index (χ4n) is 1.50. The van der Waals surface area contributed by atoms with Gasteiger partial charge in [-0.15, -0.1) is 16.4 Å². The smallest absolute Gasteiger partial charge is 0.239 e. The highest BCUT2D eigenvalue weighted by atomic mass is 32.1. The Morgan fingerprint density at radius 1 is 1.31 bits per heavy atom. The van der Waals surface area contributed by atoms with E-state index >= 15 is 0 Å². The summed E-state index contributed by atoms with van der Waals surface area (Å²) in [5.41, 5.74) is 7.65. The minimum atomic E-state index is 0.241. The second-order valence-corrected chi connectivity index (χ2v) is 4.56. The first-order chi connectivity index (χ1) is 7.72. The molecule has 0 spiro atoms. The van der Waals surface area contributed by atoms with Crippen LogP contribution in [0.3, 0.4) is 0 Å². The molecule has 0 unspecified atom stereocenters. The third-order valence-corrected chi connectivity index (χ3v) is 3.27. The van der Waals surface area contributed by atoms with Crippen LogP contribution in [0.4, 0.5) is 5.95 Å². The van der Waals surface area contributed by atoms with Gasteiger partial charge in [-0.25, -0.2) is 4.98 Å². The van der Waals surface area contributed by atoms with Gasteiger partial charge in [0, 0.05) is 0 Å². The van der Waals surface area contributed by atoms with Gasteiger partial charge in [-0.05, 0) is 24.6 Å². The number of hydrogen-bond donors (Lipinski definition) is 2. The van der Waals surface area contributed by atoms with Gasteiger partial charge in [0.25, 0.3) is 0 Å². The lowest BCUT2D eigenvalue weighted by atomic mass is 10.2. The van der Waals surface area contributed by atoms with E-state index in [0.29, 0.717) is 5.82 Å². The van der Waals surface area contributed by atoms with Crippen LogP contribution in [-0.2, 0) is 0 Å². The molecule has 6 heteroatoms. The van der Waals surface area contributed by atoms with E-state index in [2.05, 4.69) is 33.2 Å². The Hall–Kier alpha value is -1.95. The van der Waals surface area contributed by atoms with Crippen molar-refractivity contribution in [3.8, 4) is 10.8 Å². The normalized spacial score (nSPS) is 11.1. The Kier molecular flexibility index (Phi) is 1.90. The van der Waals surface area contributed by atoms with Crippen molar-refractivity contribution in [3.05, 3.63) is 23.8 Å². The molecular formula is C10H9N5S. The summed E-state index contributed by atoms with van der Waals surface area (Å²) in [6, 6.07) is 6.15. The van der Waals surface area contributed by atoms with Gasteiger partial charge < -0.3 is 5.73 Å². The van der Waals surface area contributed by atoms with Crippen molar-refractivity contribution in [2.45, 2.75) is 6.92 Å². The molecule has 1 aromatic carbocycles. The lowest BCUT2D eigenvalue weighted by Gasteiger charge is -1.88. The monoisotopic (exact) mass is 231 g/mol. The maximum absolute atomic E-state index is 5.46. The van der Waals surface area contributed by atoms with Gasteiger partial charge in [-0.3, -0.25) is 5.10 Å². The summed E-state index contributed by atoms with van der Waals surface area (Å²) in [5, 5.41) is 7.36. The predicted molar refractivity (Wildman–Crippen MR) is 64.1 cm³/mol. The second kappa shape index (κ2) is 3.28. The minimum absolute atomic E-state index is 0.241. The van der Waals surface area contributed by atoms with Gasteiger partial charge in [0.15, 0.2) is 10.8 Å². The fourth-order valence-corrected chi connectivity index (χ4v) is 2.51. The molecular weight excluding hydrogens is 222 g/mol. The molecule has 0 saturated heterocycles. The largest absolute Gasteiger partial charge is 0.366 e. The zero-order valence-corrected chi connectivity index (χ0v) is 9.38. The highest BCUT2D eigenvalue weighted by Crippen LogP contribution is 2.28. The van der Waals surface area contributed by atoms with Crippen LogP contribution in [0.2, 0.25) is 0 Å². The molecule has 0 bridgehead atoms. The topological polar surface area (TPSA) is 80.5 Å². The van der Waals surface area contributed by atoms with E-state index in [1.54, 1.807) is 11.3 Å². The summed E-state index contributed by atoms with van der Waals surface area (Å²) < 4.78 is 1.14. The summed E-state index contributed by atoms with van der Waals surface area (Å²) in [6.45, 7) is 2.06. The predicted octanol–water partition coefficient (Wildman–Crippen LogP) is 1.97. The summed E-state index contributed by atoms with van der Waals surface area (Å²) in [6.07, 6.45) is 0. The second-order valence-electron chi connectivity index (χ2n) is 3.53. The number of aromatic nitrogens is 4. The van der Waals surface area contributed by atoms with Gasteiger partial charge in [-0.2, -0.15) is 4.98 Å². The standard InChI is InChI=1S/C10H9N5S/c1-5-2-3-6-7(4-5)16-9(12-6)8-13-10(11)15-14-8/h2-4H,1H3,(H3,11,13,14,15). The van der Waals surface area contributed by atoms with Gasteiger partial charge in [-0.1, -0.05) is 6.07 Å². The molecule has 0 fully saturated rings. The van der Waals surface area contributed by atoms with Crippen molar-refractivity contribution in [1.29, 1.82) is 0 Å². The molecule has 0 radical (unpaired) electrons. The van der Waals surface area contributed by atoms with E-state index in [1.165, 1.54) is 5.56 Å². The summed E-state index contributed by atoms with van der Waals surface area (Å²) in [5.74, 6) is 0.863. The average Bonchev–Trinajstić information content (AvgIpc) is 2.83. The van der Waals surface area contributed by atoms with E-state index in [0.717, 1.165) is 15.2 Å². The Labute approximate surface area is 95.4 Å². The molecule has 0 aliphatic heterocycles. The van der Waals surface area contributed by atoms with Gasteiger partial charge in [0.05, 0.1) is 10.2 Å². The number of aromatic amines is 1. The number of hydrogen-bond acceptors (Lipinski definition) is 5. The molecule has 80 valence electrons. The number of nitrogen functional groups attached to an aromatic ring is 1. The number of fused-ring (bicyclic) bond motifs is 1. The first-order valence-corrected chi connectivity index (χ1v) is 5.59. The van der Waals surface area contributed by atoms with Crippen molar-refractivity contribution < 1.29 is 0 Å². The lowest BCUT2D eigenvalue weighted by molar-refractivity contribution is 1.10. The number of nitrogens with zero attached hydrogens (tertiary/aromatic N) is 3. The number of thiazole rings is 1. The SMILES string of the molecule is Cc1ccc2nc(-c3nc(N)n[nH]3)sc2c1. The zero-order valence-electron chi connectivity index (χ0n) is 8.56. The third kappa shape index (κ3) is 1.43. The maximum Gasteiger partial charge on any atom is 0.239 e. The summed E-state index contributed by atoms with van der Waals surface area (Å²) >= 11 is 1.58. The molecule has 0 atom stereocenters. The molecule has 0 aliphatic rings. The fraction of sp³-hybridized carbons (Fsp3) is 0.100. The first-order valence-electron chi connectivity index (χ1n) is 4.78. The Bertz CT molecular complexity index is 654. The number of nitrogens with two attached hydrogens (primary N) is 1. The molecule has 0 saturated carbocycles. The quantitative estimate of drug-likeness (QED) is 0.671. The number of H-pyrrole nitrogens is 1. The summed E-state index contributed by atoms with van der Waals surface area (Å²) in [4.78, 5) is 8.52. The maximum atomic E-state index is 5.46. The van der Waals surface area contributed by atoms with Crippen molar-refractivity contribution >= 4 is 27.5 Å². The Balaban J connectivity index is 2.18. The Morgan fingerprint density at radius 3 is 2.94 bits per heavy atom. The Morgan fingerprint density at radius 2 is 2.19 bits per heavy atom. The molecule has 2 heterocycles. The van der Waals surface area contributed by atoms with Crippen molar-refractivity contribution in [1.82, 2.24) is 20.2 Å². The molecule has 2 aromatic heterocycles. The molecule has 0 amide bonds. The van der Waals surface area contributed by atoms with E-state index < -0.39 is 0 Å². The number of aryl methyl sites for hydroxylation is 1. The van der Waals surface area contributed by atoms with Gasteiger partial charge in [0.2, 0.25) is 5.95 Å². The number of rotatable bonds is 1. The van der Waals surface area contributed by atoms with Gasteiger partial charge >= 0.3 is 0 Å². The molecule has 5 nitrogen and oxygen atoms in total. The molecule has 0 aliphatic carbocycles. The van der Waals surface area contributed by atoms with E-state index in [1.807, 2.05) is 12.1 Å². The zero-order chi connectivity index (χ0) is 11.1. The highest BCUT2D eigenvalue weighted by Gasteiger charge is 2.09. The minimum Gasteiger partial charge on any atom is -0.366 e. The lowest BCUT2D eigenvalue weighted by Crippen LogP contribution is -1.85. The summed E-state index contributed by atoms with van der Waals surface area (Å²) in [7, 11) is 0. The average molecular weight is 231 g/mol. The van der Waals surface area contributed by atoms with E-state index in [4.69, 9.17) is 5.73 Å². The van der Waals surface area contributed by atoms with Crippen LogP contribution in [0.1, 0.15) is 5.56 Å². The molecule has 16 heavy (non-hydrogen) atoms. The van der Waals surface area contributed by atoms with Crippen LogP contribution in [-0.4, -0.2) is 20.2 Å². The van der Waals surface area contributed by atoms with Crippen LogP contribution < -0.4 is 5.73 Å². The van der Waals surface area contributed by atoms with Crippen molar-refractivity contribution in [3.63, 3.8) is 0 Å². The van der Waals surface area contributed by atoms with Crippen molar-refractivity contribution in [2.24, 2.45) is 0 Å². The van der Waals surface area contributed by atoms with Crippen molar-refractivity contribution in [2.75, 3.05) is 5.73 Å². The van der Waals surface area contributed by atoms with Crippen LogP contribution in [0.5, 0.6) is 0 Å². The number of anilines is 1. The molecule has 3 rings (SSSR count). The van der Waals surface area contributed by atoms with Crippen LogP contribution >= 0.6 is 11.3 Å². The first kappa shape index (κ1) is 9.29. The van der Waals surface area contributed by atoms with E-state index in [-0.39, 0.29) is 5.95 Å². The van der Waals surface area contributed by atoms with Crippen LogP contribution in [0.25, 0.3) is 21.0 Å².